The minimum atomic E-state index is -0.452. The molecular formula is C19H27NO3. The first-order valence-corrected chi connectivity index (χ1v) is 8.54. The van der Waals surface area contributed by atoms with Gasteiger partial charge >= 0.3 is 5.97 Å². The summed E-state index contributed by atoms with van der Waals surface area (Å²) in [6.07, 6.45) is 4.54. The molecular weight excluding hydrogens is 290 g/mol. The Morgan fingerprint density at radius 2 is 1.83 bits per heavy atom. The monoisotopic (exact) mass is 317 g/mol. The lowest BCUT2D eigenvalue weighted by atomic mass is 9.86. The van der Waals surface area contributed by atoms with Gasteiger partial charge in [0.2, 0.25) is 0 Å². The van der Waals surface area contributed by atoms with Crippen molar-refractivity contribution in [3.8, 4) is 0 Å². The first kappa shape index (κ1) is 17.5. The lowest BCUT2D eigenvalue weighted by Gasteiger charge is -2.29. The number of hydrogen-bond acceptors (Lipinski definition) is 3. The molecule has 1 N–H and O–H groups in total. The summed E-state index contributed by atoms with van der Waals surface area (Å²) in [6, 6.07) is 7.55. The summed E-state index contributed by atoms with van der Waals surface area (Å²) in [7, 11) is 0. The van der Waals surface area contributed by atoms with Crippen molar-refractivity contribution >= 4 is 11.9 Å². The zero-order valence-electron chi connectivity index (χ0n) is 14.3. The number of ether oxygens (including phenoxy) is 1. The molecule has 23 heavy (non-hydrogen) atoms. The van der Waals surface area contributed by atoms with E-state index in [1.54, 1.807) is 12.1 Å². The Kier molecular flexibility index (Phi) is 6.20. The van der Waals surface area contributed by atoms with Crippen molar-refractivity contribution in [3.63, 3.8) is 0 Å². The van der Waals surface area contributed by atoms with Crippen LogP contribution in [-0.2, 0) is 9.53 Å². The molecule has 1 saturated carbocycles. The predicted molar refractivity (Wildman–Crippen MR) is 90.4 cm³/mol. The summed E-state index contributed by atoms with van der Waals surface area (Å²) < 4.78 is 5.12. The van der Waals surface area contributed by atoms with Gasteiger partial charge in [0.1, 0.15) is 0 Å². The van der Waals surface area contributed by atoms with Crippen LogP contribution in [0.15, 0.2) is 24.3 Å². The number of rotatable bonds is 5. The lowest BCUT2D eigenvalue weighted by Crippen LogP contribution is -2.42. The standard InChI is InChI=1S/C19H27NO3/c1-13(2)15-8-10-16(11-9-15)19(22)23-12-18(21)20-17-7-5-4-6-14(17)3/h8-11,13-14,17H,4-7,12H2,1-3H3,(H,20,21)/t14-,17+/m0/s1. The molecule has 4 heteroatoms. The molecule has 1 aromatic rings. The molecule has 0 saturated heterocycles. The van der Waals surface area contributed by atoms with Crippen LogP contribution in [0.1, 0.15) is 68.3 Å². The van der Waals surface area contributed by atoms with Crippen molar-refractivity contribution in [2.45, 2.75) is 58.4 Å². The zero-order valence-corrected chi connectivity index (χ0v) is 14.3. The minimum Gasteiger partial charge on any atom is -0.452 e. The molecule has 0 heterocycles. The van der Waals surface area contributed by atoms with Crippen LogP contribution in [0, 0.1) is 5.92 Å². The van der Waals surface area contributed by atoms with E-state index in [0.29, 0.717) is 17.4 Å². The third kappa shape index (κ3) is 5.08. The van der Waals surface area contributed by atoms with Gasteiger partial charge in [0, 0.05) is 6.04 Å². The van der Waals surface area contributed by atoms with Crippen LogP contribution in [0.5, 0.6) is 0 Å². The topological polar surface area (TPSA) is 55.4 Å². The second kappa shape index (κ2) is 8.14. The largest absolute Gasteiger partial charge is 0.452 e. The second-order valence-electron chi connectivity index (χ2n) is 6.79. The second-order valence-corrected chi connectivity index (χ2v) is 6.79. The highest BCUT2D eigenvalue weighted by atomic mass is 16.5. The fourth-order valence-corrected chi connectivity index (χ4v) is 3.00. The predicted octanol–water partition coefficient (Wildman–Crippen LogP) is 3.66. The molecule has 0 aliphatic heterocycles. The Bertz CT molecular complexity index is 536. The molecule has 2 rings (SSSR count). The fourth-order valence-electron chi connectivity index (χ4n) is 3.00. The van der Waals surface area contributed by atoms with Gasteiger partial charge in [-0.25, -0.2) is 4.79 Å². The number of hydrogen-bond donors (Lipinski definition) is 1. The van der Waals surface area contributed by atoms with Gasteiger partial charge in [-0.2, -0.15) is 0 Å². The van der Waals surface area contributed by atoms with Crippen LogP contribution in [0.3, 0.4) is 0 Å². The summed E-state index contributed by atoms with van der Waals surface area (Å²) in [5, 5.41) is 2.98. The van der Waals surface area contributed by atoms with Gasteiger partial charge in [0.15, 0.2) is 6.61 Å². The van der Waals surface area contributed by atoms with Crippen molar-refractivity contribution in [2.24, 2.45) is 5.92 Å². The first-order chi connectivity index (χ1) is 11.0. The number of benzene rings is 1. The number of carbonyl (C=O) groups is 2. The Morgan fingerprint density at radius 1 is 1.17 bits per heavy atom. The molecule has 0 unspecified atom stereocenters. The van der Waals surface area contributed by atoms with Crippen molar-refractivity contribution in [3.05, 3.63) is 35.4 Å². The third-order valence-corrected chi connectivity index (χ3v) is 4.61. The molecule has 0 aromatic heterocycles. The summed E-state index contributed by atoms with van der Waals surface area (Å²) in [5.41, 5.74) is 1.65. The van der Waals surface area contributed by atoms with Crippen molar-refractivity contribution in [1.82, 2.24) is 5.32 Å². The van der Waals surface area contributed by atoms with Gasteiger partial charge < -0.3 is 10.1 Å². The summed E-state index contributed by atoms with van der Waals surface area (Å²) in [6.45, 7) is 6.15. The summed E-state index contributed by atoms with van der Waals surface area (Å²) in [4.78, 5) is 23.9. The molecule has 1 aliphatic carbocycles. The highest BCUT2D eigenvalue weighted by molar-refractivity contribution is 5.91. The highest BCUT2D eigenvalue weighted by Crippen LogP contribution is 2.23. The van der Waals surface area contributed by atoms with Crippen molar-refractivity contribution in [2.75, 3.05) is 6.61 Å². The van der Waals surface area contributed by atoms with E-state index in [4.69, 9.17) is 4.74 Å². The normalized spacial score (nSPS) is 21.0. The van der Waals surface area contributed by atoms with Crippen LogP contribution >= 0.6 is 0 Å². The maximum atomic E-state index is 12.0. The Hall–Kier alpha value is -1.84. The fraction of sp³-hybridized carbons (Fsp3) is 0.579. The van der Waals surface area contributed by atoms with E-state index in [1.807, 2.05) is 12.1 Å². The molecule has 126 valence electrons. The molecule has 2 atom stereocenters. The van der Waals surface area contributed by atoms with E-state index in [-0.39, 0.29) is 18.6 Å². The van der Waals surface area contributed by atoms with Gasteiger partial charge in [-0.05, 0) is 42.4 Å². The van der Waals surface area contributed by atoms with Crippen molar-refractivity contribution in [1.29, 1.82) is 0 Å². The van der Waals surface area contributed by atoms with Crippen molar-refractivity contribution < 1.29 is 14.3 Å². The molecule has 1 aromatic carbocycles. The van der Waals surface area contributed by atoms with E-state index in [2.05, 4.69) is 26.1 Å². The van der Waals surface area contributed by atoms with Crippen LogP contribution in [0.2, 0.25) is 0 Å². The highest BCUT2D eigenvalue weighted by Gasteiger charge is 2.23. The number of esters is 1. The van der Waals surface area contributed by atoms with Crippen LogP contribution < -0.4 is 5.32 Å². The smallest absolute Gasteiger partial charge is 0.338 e. The molecule has 0 radical (unpaired) electrons. The quantitative estimate of drug-likeness (QED) is 0.843. The van der Waals surface area contributed by atoms with E-state index >= 15 is 0 Å². The maximum Gasteiger partial charge on any atom is 0.338 e. The van der Waals surface area contributed by atoms with Gasteiger partial charge in [-0.3, -0.25) is 4.79 Å². The van der Waals surface area contributed by atoms with Gasteiger partial charge in [0.25, 0.3) is 5.91 Å². The maximum absolute atomic E-state index is 12.0. The van der Waals surface area contributed by atoms with E-state index in [0.717, 1.165) is 19.3 Å². The van der Waals surface area contributed by atoms with E-state index in [9.17, 15) is 9.59 Å². The molecule has 0 spiro atoms. The average Bonchev–Trinajstić information content (AvgIpc) is 2.55. The average molecular weight is 317 g/mol. The van der Waals surface area contributed by atoms with Gasteiger partial charge in [0.05, 0.1) is 5.56 Å². The summed E-state index contributed by atoms with van der Waals surface area (Å²) in [5.74, 6) is 0.248. The Balaban J connectivity index is 1.80. The van der Waals surface area contributed by atoms with Crippen LogP contribution in [0.4, 0.5) is 0 Å². The molecule has 1 aliphatic rings. The lowest BCUT2D eigenvalue weighted by molar-refractivity contribution is -0.125. The van der Waals surface area contributed by atoms with E-state index < -0.39 is 5.97 Å². The third-order valence-electron chi connectivity index (χ3n) is 4.61. The summed E-state index contributed by atoms with van der Waals surface area (Å²) >= 11 is 0. The number of carbonyl (C=O) groups excluding carboxylic acids is 2. The number of amides is 1. The zero-order chi connectivity index (χ0) is 16.8. The molecule has 1 amide bonds. The van der Waals surface area contributed by atoms with E-state index in [1.165, 1.54) is 12.0 Å². The first-order valence-electron chi connectivity index (χ1n) is 8.54. The molecule has 0 bridgehead atoms. The SMILES string of the molecule is CC(C)c1ccc(C(=O)OCC(=O)N[C@@H]2CCCC[C@@H]2C)cc1. The Labute approximate surface area is 138 Å². The molecule has 4 nitrogen and oxygen atoms in total. The minimum absolute atomic E-state index is 0.209. The van der Waals surface area contributed by atoms with Crippen LogP contribution in [-0.4, -0.2) is 24.5 Å². The van der Waals surface area contributed by atoms with Gasteiger partial charge in [-0.1, -0.05) is 45.7 Å². The Morgan fingerprint density at radius 3 is 2.43 bits per heavy atom. The van der Waals surface area contributed by atoms with Crippen LogP contribution in [0.25, 0.3) is 0 Å². The number of nitrogens with one attached hydrogen (secondary N) is 1. The molecule has 1 fully saturated rings. The van der Waals surface area contributed by atoms with Gasteiger partial charge in [-0.15, -0.1) is 0 Å².